The van der Waals surface area contributed by atoms with E-state index in [1.165, 1.54) is 11.8 Å². The maximum Gasteiger partial charge on any atom is 0.573 e. The SMILES string of the molecule is CCOC(=O)COc1ccc(S[C@H](CC)CNS(=O)(=O)c2ccc(OC(F)(F)F)cc2)cc1C. The predicted octanol–water partition coefficient (Wildman–Crippen LogP) is 4.68. The minimum atomic E-state index is -4.85. The van der Waals surface area contributed by atoms with E-state index in [9.17, 15) is 26.4 Å². The number of carbonyl (C=O) groups is 1. The predicted molar refractivity (Wildman–Crippen MR) is 122 cm³/mol. The Bertz CT molecular complexity index is 1060. The second kappa shape index (κ2) is 12.3. The first-order chi connectivity index (χ1) is 15.9. The number of benzene rings is 2. The third-order valence-electron chi connectivity index (χ3n) is 4.42. The van der Waals surface area contributed by atoms with Crippen LogP contribution in [0.5, 0.6) is 11.5 Å². The molecule has 0 aliphatic heterocycles. The van der Waals surface area contributed by atoms with Crippen molar-refractivity contribution in [2.24, 2.45) is 0 Å². The van der Waals surface area contributed by atoms with Crippen LogP contribution in [0.4, 0.5) is 13.2 Å². The van der Waals surface area contributed by atoms with Crippen molar-refractivity contribution in [2.45, 2.75) is 48.6 Å². The number of alkyl halides is 3. The van der Waals surface area contributed by atoms with Gasteiger partial charge in [0, 0.05) is 16.7 Å². The molecule has 0 unspecified atom stereocenters. The summed E-state index contributed by atoms with van der Waals surface area (Å²) in [5.74, 6) is -0.413. The van der Waals surface area contributed by atoms with E-state index in [1.807, 2.05) is 26.0 Å². The van der Waals surface area contributed by atoms with Crippen molar-refractivity contribution in [2.75, 3.05) is 19.8 Å². The topological polar surface area (TPSA) is 90.9 Å². The first kappa shape index (κ1) is 27.8. The Morgan fingerprint density at radius 1 is 1.12 bits per heavy atom. The molecule has 0 aliphatic rings. The van der Waals surface area contributed by atoms with Crippen LogP contribution in [0.25, 0.3) is 0 Å². The highest BCUT2D eigenvalue weighted by Gasteiger charge is 2.31. The largest absolute Gasteiger partial charge is 0.573 e. The van der Waals surface area contributed by atoms with E-state index < -0.39 is 28.1 Å². The Hall–Kier alpha value is -2.44. The summed E-state index contributed by atoms with van der Waals surface area (Å²) in [7, 11) is -3.92. The van der Waals surface area contributed by atoms with Crippen molar-refractivity contribution < 1.29 is 40.6 Å². The van der Waals surface area contributed by atoms with Gasteiger partial charge in [-0.25, -0.2) is 17.9 Å². The van der Waals surface area contributed by atoms with Crippen LogP contribution in [0.1, 0.15) is 25.8 Å². The van der Waals surface area contributed by atoms with Gasteiger partial charge in [-0.2, -0.15) is 0 Å². The van der Waals surface area contributed by atoms with Crippen LogP contribution in [0.3, 0.4) is 0 Å². The van der Waals surface area contributed by atoms with Gasteiger partial charge in [0.05, 0.1) is 11.5 Å². The normalized spacial score (nSPS) is 12.8. The molecule has 1 atom stereocenters. The highest BCUT2D eigenvalue weighted by Crippen LogP contribution is 2.30. The maximum atomic E-state index is 12.5. The highest BCUT2D eigenvalue weighted by atomic mass is 32.2. The van der Waals surface area contributed by atoms with E-state index in [0.29, 0.717) is 12.2 Å². The van der Waals surface area contributed by atoms with Crippen molar-refractivity contribution in [3.63, 3.8) is 0 Å². The summed E-state index contributed by atoms with van der Waals surface area (Å²) >= 11 is 1.47. The van der Waals surface area contributed by atoms with E-state index in [1.54, 1.807) is 13.0 Å². The van der Waals surface area contributed by atoms with Crippen LogP contribution in [-0.2, 0) is 19.6 Å². The summed E-state index contributed by atoms with van der Waals surface area (Å²) in [5, 5.41) is -0.103. The number of rotatable bonds is 12. The van der Waals surface area contributed by atoms with Crippen molar-refractivity contribution in [1.29, 1.82) is 0 Å². The number of halogens is 3. The number of sulfonamides is 1. The van der Waals surface area contributed by atoms with E-state index >= 15 is 0 Å². The van der Waals surface area contributed by atoms with Crippen molar-refractivity contribution >= 4 is 27.8 Å². The molecule has 1 N–H and O–H groups in total. The fourth-order valence-electron chi connectivity index (χ4n) is 2.76. The number of hydrogen-bond acceptors (Lipinski definition) is 7. The third-order valence-corrected chi connectivity index (χ3v) is 7.22. The minimum Gasteiger partial charge on any atom is -0.482 e. The fourth-order valence-corrected chi connectivity index (χ4v) is 5.06. The lowest BCUT2D eigenvalue weighted by atomic mass is 10.2. The number of ether oxygens (including phenoxy) is 3. The van der Waals surface area contributed by atoms with Gasteiger partial charge >= 0.3 is 12.3 Å². The molecule has 0 fully saturated rings. The number of carbonyl (C=O) groups excluding carboxylic acids is 1. The fraction of sp³-hybridized carbons (Fsp3) is 0.409. The zero-order valence-corrected chi connectivity index (χ0v) is 20.5. The Morgan fingerprint density at radius 3 is 2.35 bits per heavy atom. The van der Waals surface area contributed by atoms with Gasteiger partial charge in [-0.05, 0) is 68.3 Å². The second-order valence-electron chi connectivity index (χ2n) is 7.04. The Morgan fingerprint density at radius 2 is 1.79 bits per heavy atom. The molecule has 0 radical (unpaired) electrons. The van der Waals surface area contributed by atoms with Gasteiger partial charge in [-0.15, -0.1) is 24.9 Å². The average molecular weight is 522 g/mol. The highest BCUT2D eigenvalue weighted by molar-refractivity contribution is 8.00. The van der Waals surface area contributed by atoms with E-state index in [-0.39, 0.29) is 29.9 Å². The van der Waals surface area contributed by atoms with Gasteiger partial charge < -0.3 is 14.2 Å². The number of hydrogen-bond donors (Lipinski definition) is 1. The van der Waals surface area contributed by atoms with Gasteiger partial charge in [0.25, 0.3) is 0 Å². The molecule has 7 nitrogen and oxygen atoms in total. The van der Waals surface area contributed by atoms with Gasteiger partial charge in [-0.1, -0.05) is 6.92 Å². The molecule has 0 bridgehead atoms. The summed E-state index contributed by atoms with van der Waals surface area (Å²) in [6.07, 6.45) is -4.19. The minimum absolute atomic E-state index is 0.103. The molecule has 0 aliphatic carbocycles. The Balaban J connectivity index is 1.96. The first-order valence-electron chi connectivity index (χ1n) is 10.3. The lowest BCUT2D eigenvalue weighted by Gasteiger charge is -2.17. The number of aryl methyl sites for hydroxylation is 1. The van der Waals surface area contributed by atoms with Crippen molar-refractivity contribution in [3.8, 4) is 11.5 Å². The molecular formula is C22H26F3NO6S2. The molecule has 188 valence electrons. The molecule has 0 amide bonds. The van der Waals surface area contributed by atoms with Gasteiger partial charge in [0.1, 0.15) is 11.5 Å². The van der Waals surface area contributed by atoms with Gasteiger partial charge in [0.2, 0.25) is 10.0 Å². The standard InChI is InChI=1S/C22H26F3NO6S2/c1-4-17(33-18-8-11-20(15(3)12-18)31-14-21(27)30-5-2)13-26-34(28,29)19-9-6-16(7-10-19)32-22(23,24)25/h6-12,17,26H,4-5,13-14H2,1-3H3/t17-/m1/s1. The molecule has 12 heteroatoms. The quantitative estimate of drug-likeness (QED) is 0.320. The lowest BCUT2D eigenvalue weighted by Crippen LogP contribution is -2.30. The molecule has 0 heterocycles. The first-order valence-corrected chi connectivity index (χ1v) is 12.7. The van der Waals surface area contributed by atoms with Crippen LogP contribution in [0.2, 0.25) is 0 Å². The molecule has 0 saturated heterocycles. The van der Waals surface area contributed by atoms with Crippen LogP contribution in [-0.4, -0.2) is 45.8 Å². The van der Waals surface area contributed by atoms with E-state index in [0.717, 1.165) is 34.7 Å². The summed E-state index contributed by atoms with van der Waals surface area (Å²) in [5.41, 5.74) is 0.811. The van der Waals surface area contributed by atoms with Crippen LogP contribution in [0.15, 0.2) is 52.3 Å². The maximum absolute atomic E-state index is 12.5. The molecular weight excluding hydrogens is 495 g/mol. The summed E-state index contributed by atoms with van der Waals surface area (Å²) in [4.78, 5) is 12.2. The van der Waals surface area contributed by atoms with Crippen molar-refractivity contribution in [3.05, 3.63) is 48.0 Å². The zero-order chi connectivity index (χ0) is 25.4. The Kier molecular flexibility index (Phi) is 10.1. The molecule has 2 aromatic rings. The summed E-state index contributed by atoms with van der Waals surface area (Å²) < 4.78 is 78.4. The molecule has 34 heavy (non-hydrogen) atoms. The average Bonchev–Trinajstić information content (AvgIpc) is 2.75. The number of thioether (sulfide) groups is 1. The van der Waals surface area contributed by atoms with Gasteiger partial charge in [0.15, 0.2) is 6.61 Å². The Labute approximate surface area is 201 Å². The molecule has 0 saturated carbocycles. The van der Waals surface area contributed by atoms with Crippen molar-refractivity contribution in [1.82, 2.24) is 4.72 Å². The zero-order valence-electron chi connectivity index (χ0n) is 18.8. The number of esters is 1. The van der Waals surface area contributed by atoms with E-state index in [2.05, 4.69) is 9.46 Å². The molecule has 0 spiro atoms. The summed E-state index contributed by atoms with van der Waals surface area (Å²) in [6.45, 7) is 5.66. The number of nitrogens with one attached hydrogen (secondary N) is 1. The third kappa shape index (κ3) is 9.07. The summed E-state index contributed by atoms with van der Waals surface area (Å²) in [6, 6.07) is 9.42. The van der Waals surface area contributed by atoms with Crippen LogP contribution >= 0.6 is 11.8 Å². The van der Waals surface area contributed by atoms with Crippen LogP contribution < -0.4 is 14.2 Å². The monoisotopic (exact) mass is 521 g/mol. The lowest BCUT2D eigenvalue weighted by molar-refractivity contribution is -0.274. The molecule has 2 rings (SSSR count). The molecule has 2 aromatic carbocycles. The smallest absolute Gasteiger partial charge is 0.482 e. The van der Waals surface area contributed by atoms with Crippen LogP contribution in [0, 0.1) is 6.92 Å². The second-order valence-corrected chi connectivity index (χ2v) is 10.2. The van der Waals surface area contributed by atoms with E-state index in [4.69, 9.17) is 9.47 Å². The van der Waals surface area contributed by atoms with Gasteiger partial charge in [-0.3, -0.25) is 0 Å². The molecule has 0 aromatic heterocycles.